The van der Waals surface area contributed by atoms with Crippen molar-refractivity contribution in [1.29, 1.82) is 0 Å². The monoisotopic (exact) mass is 323 g/mol. The summed E-state index contributed by atoms with van der Waals surface area (Å²) in [5.74, 6) is -0.0388. The molecule has 0 radical (unpaired) electrons. The lowest BCUT2D eigenvalue weighted by Gasteiger charge is -2.07. The third-order valence-corrected chi connectivity index (χ3v) is 3.31. The second-order valence-corrected chi connectivity index (χ2v) is 5.13. The van der Waals surface area contributed by atoms with Crippen LogP contribution in [0.25, 0.3) is 17.1 Å². The minimum atomic E-state index is -0.439. The molecule has 0 amide bonds. The van der Waals surface area contributed by atoms with Gasteiger partial charge in [-0.05, 0) is 46.8 Å². The minimum absolute atomic E-state index is 0.193. The zero-order chi connectivity index (χ0) is 15.0. The molecular weight excluding hydrogens is 316 g/mol. The Bertz CT molecular complexity index is 798. The molecule has 3 aromatic rings. The van der Waals surface area contributed by atoms with Gasteiger partial charge in [0.1, 0.15) is 5.82 Å². The molecule has 0 aliphatic carbocycles. The number of nitrogens with two attached hydrogens (primary N) is 1. The van der Waals surface area contributed by atoms with Crippen molar-refractivity contribution < 1.29 is 4.39 Å². The molecule has 2 N–H and O–H groups in total. The number of tetrazole rings is 1. The lowest BCUT2D eigenvalue weighted by Crippen LogP contribution is -2.01. The Labute approximate surface area is 129 Å². The quantitative estimate of drug-likeness (QED) is 0.734. The molecule has 0 aliphatic heterocycles. The third kappa shape index (κ3) is 2.68. The van der Waals surface area contributed by atoms with Gasteiger partial charge in [-0.25, -0.2) is 4.39 Å². The fourth-order valence-electron chi connectivity index (χ4n) is 1.92. The minimum Gasteiger partial charge on any atom is -0.399 e. The molecule has 0 unspecified atom stereocenters. The second kappa shape index (κ2) is 5.31. The van der Waals surface area contributed by atoms with Gasteiger partial charge in [-0.3, -0.25) is 0 Å². The topological polar surface area (TPSA) is 69.6 Å². The number of hydrogen-bond donors (Lipinski definition) is 1. The molecule has 106 valence electrons. The Morgan fingerprint density at radius 1 is 1.10 bits per heavy atom. The van der Waals surface area contributed by atoms with Crippen LogP contribution in [0, 0.1) is 5.82 Å². The predicted octanol–water partition coefficient (Wildman–Crippen LogP) is 3.36. The molecule has 0 bridgehead atoms. The van der Waals surface area contributed by atoms with Gasteiger partial charge in [0.25, 0.3) is 0 Å². The maximum absolute atomic E-state index is 13.1. The Morgan fingerprint density at radius 3 is 2.62 bits per heavy atom. The molecule has 8 heteroatoms. The predicted molar refractivity (Wildman–Crippen MR) is 79.0 cm³/mol. The molecular formula is C13H8Cl2FN5. The molecule has 0 saturated heterocycles. The van der Waals surface area contributed by atoms with Crippen molar-refractivity contribution in [2.45, 2.75) is 0 Å². The molecule has 0 saturated carbocycles. The number of nitrogen functional groups attached to an aromatic ring is 1. The number of anilines is 1. The molecule has 0 atom stereocenters. The van der Waals surface area contributed by atoms with Crippen molar-refractivity contribution in [3.63, 3.8) is 0 Å². The maximum atomic E-state index is 13.1. The van der Waals surface area contributed by atoms with Gasteiger partial charge < -0.3 is 5.73 Å². The van der Waals surface area contributed by atoms with E-state index in [9.17, 15) is 4.39 Å². The highest BCUT2D eigenvalue weighted by atomic mass is 35.5. The van der Waals surface area contributed by atoms with Crippen LogP contribution in [0.1, 0.15) is 0 Å². The van der Waals surface area contributed by atoms with Crippen LogP contribution in [0.15, 0.2) is 36.4 Å². The standard InChI is InChI=1S/C13H8Cl2FN5/c14-8-3-7(4-10(17)5-8)13-18-19-20-21(13)12-2-1-9(16)6-11(12)15/h1-6H,17H2. The highest BCUT2D eigenvalue weighted by molar-refractivity contribution is 6.32. The van der Waals surface area contributed by atoms with Crippen molar-refractivity contribution in [2.24, 2.45) is 0 Å². The summed E-state index contributed by atoms with van der Waals surface area (Å²) in [5, 5.41) is 12.1. The molecule has 2 aromatic carbocycles. The maximum Gasteiger partial charge on any atom is 0.187 e. The van der Waals surface area contributed by atoms with E-state index in [4.69, 9.17) is 28.9 Å². The van der Waals surface area contributed by atoms with E-state index in [0.29, 0.717) is 27.8 Å². The van der Waals surface area contributed by atoms with E-state index in [2.05, 4.69) is 15.5 Å². The van der Waals surface area contributed by atoms with E-state index in [1.54, 1.807) is 18.2 Å². The fourth-order valence-corrected chi connectivity index (χ4v) is 2.41. The van der Waals surface area contributed by atoms with Gasteiger partial charge >= 0.3 is 0 Å². The molecule has 21 heavy (non-hydrogen) atoms. The summed E-state index contributed by atoms with van der Waals surface area (Å²) in [6.07, 6.45) is 0. The fraction of sp³-hybridized carbons (Fsp3) is 0. The van der Waals surface area contributed by atoms with Crippen molar-refractivity contribution in [3.05, 3.63) is 52.3 Å². The molecule has 5 nitrogen and oxygen atoms in total. The van der Waals surface area contributed by atoms with E-state index in [0.717, 1.165) is 0 Å². The van der Waals surface area contributed by atoms with Crippen molar-refractivity contribution in [1.82, 2.24) is 20.2 Å². The molecule has 1 aromatic heterocycles. The van der Waals surface area contributed by atoms with Crippen molar-refractivity contribution >= 4 is 28.9 Å². The van der Waals surface area contributed by atoms with Gasteiger partial charge in [-0.15, -0.1) is 5.10 Å². The SMILES string of the molecule is Nc1cc(Cl)cc(-c2nnnn2-c2ccc(F)cc2Cl)c1. The van der Waals surface area contributed by atoms with Crippen LogP contribution in [-0.2, 0) is 0 Å². The van der Waals surface area contributed by atoms with Crippen LogP contribution in [0.4, 0.5) is 10.1 Å². The van der Waals surface area contributed by atoms with Gasteiger partial charge in [-0.2, -0.15) is 4.68 Å². The first kappa shape index (κ1) is 13.8. The number of halogens is 3. The van der Waals surface area contributed by atoms with E-state index >= 15 is 0 Å². The zero-order valence-electron chi connectivity index (χ0n) is 10.5. The first-order valence-electron chi connectivity index (χ1n) is 5.85. The van der Waals surface area contributed by atoms with Gasteiger partial charge in [0, 0.05) is 16.3 Å². The Kier molecular flexibility index (Phi) is 3.48. The number of rotatable bonds is 2. The van der Waals surface area contributed by atoms with Crippen molar-refractivity contribution in [3.8, 4) is 17.1 Å². The number of benzene rings is 2. The summed E-state index contributed by atoms with van der Waals surface area (Å²) < 4.78 is 14.5. The number of aromatic nitrogens is 4. The average molecular weight is 324 g/mol. The highest BCUT2D eigenvalue weighted by Crippen LogP contribution is 2.28. The van der Waals surface area contributed by atoms with E-state index < -0.39 is 5.82 Å². The van der Waals surface area contributed by atoms with Crippen LogP contribution in [0.3, 0.4) is 0 Å². The Balaban J connectivity index is 2.17. The summed E-state index contributed by atoms with van der Waals surface area (Å²) in [4.78, 5) is 0. The van der Waals surface area contributed by atoms with Crippen LogP contribution < -0.4 is 5.73 Å². The Morgan fingerprint density at radius 2 is 1.90 bits per heavy atom. The summed E-state index contributed by atoms with van der Waals surface area (Å²) in [7, 11) is 0. The van der Waals surface area contributed by atoms with Gasteiger partial charge in [0.05, 0.1) is 10.7 Å². The van der Waals surface area contributed by atoms with Crippen LogP contribution in [0.5, 0.6) is 0 Å². The van der Waals surface area contributed by atoms with E-state index in [1.165, 1.54) is 22.9 Å². The van der Waals surface area contributed by atoms with Crippen molar-refractivity contribution in [2.75, 3.05) is 5.73 Å². The largest absolute Gasteiger partial charge is 0.399 e. The number of hydrogen-bond acceptors (Lipinski definition) is 4. The first-order chi connectivity index (χ1) is 10.0. The summed E-state index contributed by atoms with van der Waals surface area (Å²) in [5.41, 5.74) is 7.33. The van der Waals surface area contributed by atoms with Crippen LogP contribution in [-0.4, -0.2) is 20.2 Å². The summed E-state index contributed by atoms with van der Waals surface area (Å²) >= 11 is 12.0. The van der Waals surface area contributed by atoms with Gasteiger partial charge in [0.2, 0.25) is 0 Å². The summed E-state index contributed by atoms with van der Waals surface area (Å²) in [6, 6.07) is 8.94. The van der Waals surface area contributed by atoms with Crippen LogP contribution >= 0.6 is 23.2 Å². The lowest BCUT2D eigenvalue weighted by atomic mass is 10.2. The normalized spacial score (nSPS) is 10.8. The molecule has 0 aliphatic rings. The van der Waals surface area contributed by atoms with E-state index in [1.807, 2.05) is 0 Å². The highest BCUT2D eigenvalue weighted by Gasteiger charge is 2.14. The number of nitrogens with zero attached hydrogens (tertiary/aromatic N) is 4. The average Bonchev–Trinajstić information content (AvgIpc) is 2.86. The Hall–Kier alpha value is -2.18. The van der Waals surface area contributed by atoms with Gasteiger partial charge in [0.15, 0.2) is 5.82 Å². The van der Waals surface area contributed by atoms with Crippen LogP contribution in [0.2, 0.25) is 10.0 Å². The molecule has 0 fully saturated rings. The third-order valence-electron chi connectivity index (χ3n) is 2.79. The smallest absolute Gasteiger partial charge is 0.187 e. The van der Waals surface area contributed by atoms with Gasteiger partial charge in [-0.1, -0.05) is 23.2 Å². The first-order valence-corrected chi connectivity index (χ1v) is 6.60. The molecule has 3 rings (SSSR count). The second-order valence-electron chi connectivity index (χ2n) is 4.28. The zero-order valence-corrected chi connectivity index (χ0v) is 12.0. The van der Waals surface area contributed by atoms with E-state index in [-0.39, 0.29) is 5.02 Å². The molecule has 1 heterocycles. The lowest BCUT2D eigenvalue weighted by molar-refractivity contribution is 0.627. The molecule has 0 spiro atoms. The summed E-state index contributed by atoms with van der Waals surface area (Å²) in [6.45, 7) is 0.